The molecule has 0 saturated heterocycles. The molecule has 0 aromatic rings. The Hall–Kier alpha value is -0.560. The third-order valence-electron chi connectivity index (χ3n) is 1.88. The van der Waals surface area contributed by atoms with Crippen molar-refractivity contribution in [1.29, 1.82) is 0 Å². The summed E-state index contributed by atoms with van der Waals surface area (Å²) < 4.78 is 10.2. The number of hydrogen-bond donors (Lipinski definition) is 1. The van der Waals surface area contributed by atoms with Gasteiger partial charge in [0.15, 0.2) is 0 Å². The van der Waals surface area contributed by atoms with Crippen LogP contribution in [0.4, 0.5) is 0 Å². The standard InChI is InChI=1S/C11H21NO2/c1-3-4-5-6-11(12)7-8-14-10-9-13-2/h11H,5-10,12H2,1-2H3. The van der Waals surface area contributed by atoms with Gasteiger partial charge in [0.1, 0.15) is 0 Å². The average Bonchev–Trinajstić information content (AvgIpc) is 2.18. The lowest BCUT2D eigenvalue weighted by molar-refractivity contribution is 0.0670. The summed E-state index contributed by atoms with van der Waals surface area (Å²) in [5, 5.41) is 0. The summed E-state index contributed by atoms with van der Waals surface area (Å²) in [5.41, 5.74) is 5.85. The van der Waals surface area contributed by atoms with E-state index in [4.69, 9.17) is 15.2 Å². The maximum absolute atomic E-state index is 5.85. The van der Waals surface area contributed by atoms with Crippen LogP contribution in [0, 0.1) is 11.8 Å². The molecule has 3 nitrogen and oxygen atoms in total. The second-order valence-corrected chi connectivity index (χ2v) is 3.12. The maximum atomic E-state index is 5.85. The highest BCUT2D eigenvalue weighted by atomic mass is 16.5. The molecule has 0 aliphatic carbocycles. The molecule has 0 aliphatic rings. The van der Waals surface area contributed by atoms with Crippen molar-refractivity contribution in [2.45, 2.75) is 32.2 Å². The van der Waals surface area contributed by atoms with Crippen LogP contribution in [0.15, 0.2) is 0 Å². The molecule has 0 fully saturated rings. The molecule has 1 atom stereocenters. The highest BCUT2D eigenvalue weighted by Gasteiger charge is 2.00. The molecule has 0 aromatic heterocycles. The first-order valence-electron chi connectivity index (χ1n) is 5.03. The molecule has 2 N–H and O–H groups in total. The van der Waals surface area contributed by atoms with Gasteiger partial charge in [0.05, 0.1) is 13.2 Å². The van der Waals surface area contributed by atoms with Crippen molar-refractivity contribution in [3.63, 3.8) is 0 Å². The molecule has 0 aliphatic heterocycles. The molecular formula is C11H21NO2. The molecule has 1 unspecified atom stereocenters. The number of rotatable bonds is 8. The second kappa shape index (κ2) is 10.5. The summed E-state index contributed by atoms with van der Waals surface area (Å²) >= 11 is 0. The van der Waals surface area contributed by atoms with Gasteiger partial charge < -0.3 is 15.2 Å². The molecule has 82 valence electrons. The minimum absolute atomic E-state index is 0.207. The SMILES string of the molecule is CC#CCCC(N)CCOCCOC. The molecule has 0 spiro atoms. The first-order chi connectivity index (χ1) is 6.81. The summed E-state index contributed by atoms with van der Waals surface area (Å²) in [6.45, 7) is 3.86. The Morgan fingerprint density at radius 3 is 2.64 bits per heavy atom. The first kappa shape index (κ1) is 13.4. The second-order valence-electron chi connectivity index (χ2n) is 3.12. The maximum Gasteiger partial charge on any atom is 0.0700 e. The minimum atomic E-state index is 0.207. The van der Waals surface area contributed by atoms with Gasteiger partial charge in [-0.3, -0.25) is 0 Å². The van der Waals surface area contributed by atoms with Gasteiger partial charge in [0.2, 0.25) is 0 Å². The predicted molar refractivity (Wildman–Crippen MR) is 58.0 cm³/mol. The van der Waals surface area contributed by atoms with E-state index in [-0.39, 0.29) is 6.04 Å². The van der Waals surface area contributed by atoms with Crippen molar-refractivity contribution >= 4 is 0 Å². The van der Waals surface area contributed by atoms with Crippen LogP contribution in [0.25, 0.3) is 0 Å². The molecule has 0 radical (unpaired) electrons. The zero-order chi connectivity index (χ0) is 10.6. The Labute approximate surface area is 87.0 Å². The topological polar surface area (TPSA) is 44.5 Å². The van der Waals surface area contributed by atoms with Crippen LogP contribution in [-0.2, 0) is 9.47 Å². The average molecular weight is 199 g/mol. The Morgan fingerprint density at radius 1 is 1.21 bits per heavy atom. The molecule has 0 bridgehead atoms. The summed E-state index contributed by atoms with van der Waals surface area (Å²) in [6, 6.07) is 0.207. The molecule has 3 heteroatoms. The van der Waals surface area contributed by atoms with E-state index in [1.165, 1.54) is 0 Å². The van der Waals surface area contributed by atoms with E-state index >= 15 is 0 Å². The minimum Gasteiger partial charge on any atom is -0.382 e. The van der Waals surface area contributed by atoms with E-state index in [0.717, 1.165) is 19.3 Å². The first-order valence-corrected chi connectivity index (χ1v) is 5.03. The van der Waals surface area contributed by atoms with Crippen LogP contribution >= 0.6 is 0 Å². The lowest BCUT2D eigenvalue weighted by Gasteiger charge is -2.09. The van der Waals surface area contributed by atoms with Gasteiger partial charge in [-0.25, -0.2) is 0 Å². The van der Waals surface area contributed by atoms with Crippen molar-refractivity contribution in [2.75, 3.05) is 26.9 Å². The normalized spacial score (nSPS) is 11.9. The third-order valence-corrected chi connectivity index (χ3v) is 1.88. The summed E-state index contributed by atoms with van der Waals surface area (Å²) in [4.78, 5) is 0. The van der Waals surface area contributed by atoms with Crippen LogP contribution in [0.3, 0.4) is 0 Å². The largest absolute Gasteiger partial charge is 0.382 e. The van der Waals surface area contributed by atoms with E-state index in [1.807, 2.05) is 6.92 Å². The van der Waals surface area contributed by atoms with Crippen LogP contribution in [0.1, 0.15) is 26.2 Å². The molecule has 0 amide bonds. The van der Waals surface area contributed by atoms with Gasteiger partial charge >= 0.3 is 0 Å². The van der Waals surface area contributed by atoms with Crippen LogP contribution < -0.4 is 5.73 Å². The van der Waals surface area contributed by atoms with Crippen LogP contribution in [-0.4, -0.2) is 33.0 Å². The third kappa shape index (κ3) is 9.53. The smallest absolute Gasteiger partial charge is 0.0700 e. The van der Waals surface area contributed by atoms with Crippen LogP contribution in [0.2, 0.25) is 0 Å². The monoisotopic (exact) mass is 199 g/mol. The Kier molecular flexibility index (Phi) is 10.1. The van der Waals surface area contributed by atoms with Crippen molar-refractivity contribution in [1.82, 2.24) is 0 Å². The Balaban J connectivity index is 3.16. The van der Waals surface area contributed by atoms with Crippen molar-refractivity contribution in [3.05, 3.63) is 0 Å². The van der Waals surface area contributed by atoms with Crippen LogP contribution in [0.5, 0.6) is 0 Å². The van der Waals surface area contributed by atoms with Gasteiger partial charge in [0.25, 0.3) is 0 Å². The molecule has 0 saturated carbocycles. The highest BCUT2D eigenvalue weighted by Crippen LogP contribution is 1.98. The lowest BCUT2D eigenvalue weighted by atomic mass is 10.1. The molecule has 0 rings (SSSR count). The van der Waals surface area contributed by atoms with Gasteiger partial charge in [-0.05, 0) is 19.8 Å². The predicted octanol–water partition coefficient (Wildman–Crippen LogP) is 1.17. The highest BCUT2D eigenvalue weighted by molar-refractivity contribution is 4.95. The summed E-state index contributed by atoms with van der Waals surface area (Å²) in [7, 11) is 1.67. The zero-order valence-electron chi connectivity index (χ0n) is 9.21. The summed E-state index contributed by atoms with van der Waals surface area (Å²) in [5.74, 6) is 5.85. The van der Waals surface area contributed by atoms with E-state index < -0.39 is 0 Å². The number of methoxy groups -OCH3 is 1. The van der Waals surface area contributed by atoms with Gasteiger partial charge in [-0.1, -0.05) is 0 Å². The Morgan fingerprint density at radius 2 is 2.00 bits per heavy atom. The van der Waals surface area contributed by atoms with Gasteiger partial charge in [-0.15, -0.1) is 11.8 Å². The van der Waals surface area contributed by atoms with Crippen molar-refractivity contribution in [2.24, 2.45) is 5.73 Å². The van der Waals surface area contributed by atoms with Crippen molar-refractivity contribution < 1.29 is 9.47 Å². The summed E-state index contributed by atoms with van der Waals surface area (Å²) in [6.07, 6.45) is 2.74. The molecule has 0 heterocycles. The number of nitrogens with two attached hydrogens (primary N) is 1. The quantitative estimate of drug-likeness (QED) is 0.471. The van der Waals surface area contributed by atoms with E-state index in [0.29, 0.717) is 19.8 Å². The number of hydrogen-bond acceptors (Lipinski definition) is 3. The fraction of sp³-hybridized carbons (Fsp3) is 0.818. The van der Waals surface area contributed by atoms with E-state index in [1.54, 1.807) is 7.11 Å². The Bertz CT molecular complexity index is 172. The molecule has 0 aromatic carbocycles. The van der Waals surface area contributed by atoms with Crippen molar-refractivity contribution in [3.8, 4) is 11.8 Å². The van der Waals surface area contributed by atoms with E-state index in [2.05, 4.69) is 11.8 Å². The fourth-order valence-electron chi connectivity index (χ4n) is 1.01. The number of ether oxygens (including phenoxy) is 2. The van der Waals surface area contributed by atoms with Gasteiger partial charge in [0, 0.05) is 26.2 Å². The zero-order valence-corrected chi connectivity index (χ0v) is 9.21. The fourth-order valence-corrected chi connectivity index (χ4v) is 1.01. The molecular weight excluding hydrogens is 178 g/mol. The van der Waals surface area contributed by atoms with Gasteiger partial charge in [-0.2, -0.15) is 0 Å². The molecule has 14 heavy (non-hydrogen) atoms. The van der Waals surface area contributed by atoms with E-state index in [9.17, 15) is 0 Å². The lowest BCUT2D eigenvalue weighted by Crippen LogP contribution is -2.22.